The first-order chi connectivity index (χ1) is 13.9. The Hall–Kier alpha value is -3.55. The van der Waals surface area contributed by atoms with Gasteiger partial charge in [-0.3, -0.25) is 9.59 Å². The number of amides is 1. The van der Waals surface area contributed by atoms with E-state index in [1.807, 2.05) is 24.3 Å². The number of anilines is 1. The molecule has 0 saturated heterocycles. The van der Waals surface area contributed by atoms with Crippen LogP contribution >= 0.6 is 0 Å². The number of ether oxygens (including phenoxy) is 1. The standard InChI is InChI=1S/C21H21N5O3/c1-12(2)14-4-6-15(7-5-14)21-23-25-26(24-21)13(3)20(28)16-8-9-18-17(10-16)22-19(27)11-29-18/h4-10,12-13H,11H2,1-3H3,(H,22,27)/t13-/m1/s1. The first kappa shape index (κ1) is 18.8. The number of hydrogen-bond donors (Lipinski definition) is 1. The number of aromatic nitrogens is 4. The fourth-order valence-electron chi connectivity index (χ4n) is 3.10. The summed E-state index contributed by atoms with van der Waals surface area (Å²) < 4.78 is 5.33. The lowest BCUT2D eigenvalue weighted by molar-refractivity contribution is -0.118. The van der Waals surface area contributed by atoms with E-state index >= 15 is 0 Å². The summed E-state index contributed by atoms with van der Waals surface area (Å²) in [5.74, 6) is 1.01. The second-order valence-corrected chi connectivity index (χ2v) is 7.30. The molecule has 3 aromatic rings. The summed E-state index contributed by atoms with van der Waals surface area (Å²) in [5, 5.41) is 15.2. The normalized spacial score (nSPS) is 14.1. The van der Waals surface area contributed by atoms with E-state index in [0.717, 1.165) is 5.56 Å². The number of tetrazole rings is 1. The molecule has 1 aromatic heterocycles. The van der Waals surface area contributed by atoms with E-state index in [0.29, 0.717) is 28.7 Å². The third-order valence-electron chi connectivity index (χ3n) is 4.89. The number of ketones is 1. The van der Waals surface area contributed by atoms with Crippen LogP contribution in [0.4, 0.5) is 5.69 Å². The second kappa shape index (κ2) is 7.46. The highest BCUT2D eigenvalue weighted by Crippen LogP contribution is 2.29. The number of nitrogens with one attached hydrogen (secondary N) is 1. The van der Waals surface area contributed by atoms with Crippen molar-refractivity contribution in [1.82, 2.24) is 20.2 Å². The SMILES string of the molecule is CC(C)c1ccc(-c2nnn([C@H](C)C(=O)c3ccc4c(c3)NC(=O)CO4)n2)cc1. The second-order valence-electron chi connectivity index (χ2n) is 7.30. The van der Waals surface area contributed by atoms with Crippen LogP contribution in [0.15, 0.2) is 42.5 Å². The molecule has 0 radical (unpaired) electrons. The summed E-state index contributed by atoms with van der Waals surface area (Å²) in [6.45, 7) is 5.95. The smallest absolute Gasteiger partial charge is 0.262 e. The average Bonchev–Trinajstić information content (AvgIpc) is 3.22. The van der Waals surface area contributed by atoms with Gasteiger partial charge in [-0.1, -0.05) is 38.1 Å². The minimum atomic E-state index is -0.649. The lowest BCUT2D eigenvalue weighted by Gasteiger charge is -2.18. The van der Waals surface area contributed by atoms with Crippen LogP contribution in [0.25, 0.3) is 11.4 Å². The molecule has 0 bridgehead atoms. The maximum absolute atomic E-state index is 12.9. The van der Waals surface area contributed by atoms with Crippen LogP contribution in [-0.2, 0) is 4.79 Å². The molecular formula is C21H21N5O3. The van der Waals surface area contributed by atoms with E-state index in [9.17, 15) is 9.59 Å². The van der Waals surface area contributed by atoms with Crippen molar-refractivity contribution in [3.8, 4) is 17.1 Å². The number of fused-ring (bicyclic) bond motifs is 1. The molecular weight excluding hydrogens is 370 g/mol. The zero-order chi connectivity index (χ0) is 20.5. The zero-order valence-electron chi connectivity index (χ0n) is 16.4. The Kier molecular flexibility index (Phi) is 4.84. The Morgan fingerprint density at radius 3 is 2.62 bits per heavy atom. The van der Waals surface area contributed by atoms with Gasteiger partial charge in [0, 0.05) is 11.1 Å². The number of rotatable bonds is 5. The molecule has 1 aliphatic rings. The molecule has 0 spiro atoms. The van der Waals surface area contributed by atoms with E-state index in [-0.39, 0.29) is 18.3 Å². The van der Waals surface area contributed by atoms with E-state index in [1.54, 1.807) is 25.1 Å². The third kappa shape index (κ3) is 3.73. The monoisotopic (exact) mass is 391 g/mol. The average molecular weight is 391 g/mol. The van der Waals surface area contributed by atoms with Crippen LogP contribution in [0.2, 0.25) is 0 Å². The number of carbonyl (C=O) groups excluding carboxylic acids is 2. The Morgan fingerprint density at radius 2 is 1.90 bits per heavy atom. The van der Waals surface area contributed by atoms with Crippen molar-refractivity contribution < 1.29 is 14.3 Å². The van der Waals surface area contributed by atoms with Gasteiger partial charge >= 0.3 is 0 Å². The number of carbonyl (C=O) groups is 2. The lowest BCUT2D eigenvalue weighted by Crippen LogP contribution is -2.26. The molecule has 4 rings (SSSR count). The third-order valence-corrected chi connectivity index (χ3v) is 4.89. The van der Waals surface area contributed by atoms with Crippen molar-refractivity contribution in [3.63, 3.8) is 0 Å². The van der Waals surface area contributed by atoms with Crippen LogP contribution in [-0.4, -0.2) is 38.5 Å². The van der Waals surface area contributed by atoms with Crippen molar-refractivity contribution in [2.75, 3.05) is 11.9 Å². The van der Waals surface area contributed by atoms with E-state index < -0.39 is 6.04 Å². The molecule has 8 heteroatoms. The molecule has 8 nitrogen and oxygen atoms in total. The quantitative estimate of drug-likeness (QED) is 0.671. The number of Topliss-reactive ketones (excluding diaryl/α,β-unsaturated/α-hetero) is 1. The topological polar surface area (TPSA) is 99.0 Å². The van der Waals surface area contributed by atoms with Gasteiger partial charge in [-0.15, -0.1) is 10.2 Å². The predicted molar refractivity (Wildman–Crippen MR) is 107 cm³/mol. The number of nitrogens with zero attached hydrogens (tertiary/aromatic N) is 4. The van der Waals surface area contributed by atoms with Crippen LogP contribution in [0.1, 0.15) is 48.7 Å². The summed E-state index contributed by atoms with van der Waals surface area (Å²) in [5.41, 5.74) is 2.99. The minimum Gasteiger partial charge on any atom is -0.482 e. The van der Waals surface area contributed by atoms with Crippen LogP contribution < -0.4 is 10.1 Å². The molecule has 0 fully saturated rings. The predicted octanol–water partition coefficient (Wildman–Crippen LogP) is 3.24. The largest absolute Gasteiger partial charge is 0.482 e. The molecule has 1 aliphatic heterocycles. The molecule has 0 aliphatic carbocycles. The zero-order valence-corrected chi connectivity index (χ0v) is 16.4. The van der Waals surface area contributed by atoms with Gasteiger partial charge in [-0.25, -0.2) is 0 Å². The summed E-state index contributed by atoms with van der Waals surface area (Å²) in [6.07, 6.45) is 0. The van der Waals surface area contributed by atoms with Crippen LogP contribution in [0.5, 0.6) is 5.75 Å². The van der Waals surface area contributed by atoms with Crippen LogP contribution in [0, 0.1) is 0 Å². The van der Waals surface area contributed by atoms with Crippen molar-refractivity contribution in [2.24, 2.45) is 0 Å². The van der Waals surface area contributed by atoms with Crippen molar-refractivity contribution >= 4 is 17.4 Å². The maximum Gasteiger partial charge on any atom is 0.262 e. The minimum absolute atomic E-state index is 0.0273. The summed E-state index contributed by atoms with van der Waals surface area (Å²) in [6, 6.07) is 12.3. The maximum atomic E-state index is 12.9. The van der Waals surface area contributed by atoms with Gasteiger partial charge in [0.25, 0.3) is 5.91 Å². The first-order valence-corrected chi connectivity index (χ1v) is 9.43. The van der Waals surface area contributed by atoms with Gasteiger partial charge in [0.1, 0.15) is 11.8 Å². The molecule has 2 aromatic carbocycles. The Bertz CT molecular complexity index is 1070. The highest BCUT2D eigenvalue weighted by Gasteiger charge is 2.23. The van der Waals surface area contributed by atoms with Gasteiger partial charge in [0.15, 0.2) is 12.4 Å². The fourth-order valence-corrected chi connectivity index (χ4v) is 3.10. The van der Waals surface area contributed by atoms with E-state index in [1.165, 1.54) is 10.4 Å². The molecule has 1 amide bonds. The van der Waals surface area contributed by atoms with Crippen molar-refractivity contribution in [3.05, 3.63) is 53.6 Å². The molecule has 1 atom stereocenters. The van der Waals surface area contributed by atoms with Crippen molar-refractivity contribution in [1.29, 1.82) is 0 Å². The fraction of sp³-hybridized carbons (Fsp3) is 0.286. The number of hydrogen-bond acceptors (Lipinski definition) is 6. The first-order valence-electron chi connectivity index (χ1n) is 9.43. The summed E-state index contributed by atoms with van der Waals surface area (Å²) in [7, 11) is 0. The Balaban J connectivity index is 1.54. The van der Waals surface area contributed by atoms with Crippen molar-refractivity contribution in [2.45, 2.75) is 32.7 Å². The lowest BCUT2D eigenvalue weighted by atomic mass is 10.0. The highest BCUT2D eigenvalue weighted by molar-refractivity contribution is 6.02. The summed E-state index contributed by atoms with van der Waals surface area (Å²) >= 11 is 0. The van der Waals surface area contributed by atoms with E-state index in [4.69, 9.17) is 4.74 Å². The molecule has 148 valence electrons. The molecule has 1 N–H and O–H groups in total. The molecule has 29 heavy (non-hydrogen) atoms. The molecule has 0 saturated carbocycles. The van der Waals surface area contributed by atoms with Crippen LogP contribution in [0.3, 0.4) is 0 Å². The van der Waals surface area contributed by atoms with Gasteiger partial charge in [-0.2, -0.15) is 4.80 Å². The van der Waals surface area contributed by atoms with Gasteiger partial charge in [-0.05, 0) is 41.8 Å². The Morgan fingerprint density at radius 1 is 1.14 bits per heavy atom. The molecule has 0 unspecified atom stereocenters. The van der Waals surface area contributed by atoms with Gasteiger partial charge in [0.05, 0.1) is 5.69 Å². The van der Waals surface area contributed by atoms with Gasteiger partial charge < -0.3 is 10.1 Å². The molecule has 2 heterocycles. The summed E-state index contributed by atoms with van der Waals surface area (Å²) in [4.78, 5) is 25.7. The van der Waals surface area contributed by atoms with E-state index in [2.05, 4.69) is 34.6 Å². The highest BCUT2D eigenvalue weighted by atomic mass is 16.5. The van der Waals surface area contributed by atoms with Gasteiger partial charge in [0.2, 0.25) is 5.82 Å². The Labute approximate surface area is 167 Å². The number of benzene rings is 2.